The third-order valence-electron chi connectivity index (χ3n) is 2.49. The smallest absolute Gasteiger partial charge is 0.332 e. The number of allylic oxidation sites excluding steroid dienone is 1. The van der Waals surface area contributed by atoms with Gasteiger partial charge in [-0.15, -0.1) is 6.58 Å². The molecule has 1 rings (SSSR count). The number of hydrogen-bond acceptors (Lipinski definition) is 7. The van der Waals surface area contributed by atoms with Crippen LogP contribution in [0.1, 0.15) is 6.92 Å². The molecule has 0 bridgehead atoms. The molecule has 1 fully saturated rings. The lowest BCUT2D eigenvalue weighted by atomic mass is 10.4. The second kappa shape index (κ2) is 9.68. The molecule has 22 heavy (non-hydrogen) atoms. The third-order valence-corrected chi connectivity index (χ3v) is 2.49. The first-order chi connectivity index (χ1) is 10.4. The standard InChI is InChI=1S/C8H14N4O7.C3H6/c13-1-9-7(18)10(2-14)5-6(17)12(4-16)8(19)11(5)3-15;1-3-2/h5,13-16H,1-4H2,(H,9,18);3H,1H2,2H3. The number of aliphatic hydroxyl groups excluding tert-OH is 4. The molecule has 0 radical (unpaired) electrons. The van der Waals surface area contributed by atoms with Crippen LogP contribution in [0.25, 0.3) is 0 Å². The van der Waals surface area contributed by atoms with Gasteiger partial charge < -0.3 is 25.7 Å². The molecule has 1 aliphatic heterocycles. The average molecular weight is 320 g/mol. The van der Waals surface area contributed by atoms with Gasteiger partial charge in [0.25, 0.3) is 5.91 Å². The minimum Gasteiger partial charge on any atom is -0.376 e. The van der Waals surface area contributed by atoms with Gasteiger partial charge in [-0.2, -0.15) is 0 Å². The van der Waals surface area contributed by atoms with Crippen LogP contribution in [0, 0.1) is 0 Å². The van der Waals surface area contributed by atoms with Crippen LogP contribution in [0.4, 0.5) is 9.59 Å². The van der Waals surface area contributed by atoms with Crippen LogP contribution >= 0.6 is 0 Å². The Morgan fingerprint density at radius 1 is 1.32 bits per heavy atom. The van der Waals surface area contributed by atoms with Crippen LogP contribution < -0.4 is 5.32 Å². The van der Waals surface area contributed by atoms with Gasteiger partial charge in [0.15, 0.2) is 6.17 Å². The number of urea groups is 2. The van der Waals surface area contributed by atoms with Crippen LogP contribution in [-0.4, -0.2) is 86.2 Å². The van der Waals surface area contributed by atoms with Gasteiger partial charge in [0.1, 0.15) is 26.9 Å². The third kappa shape index (κ3) is 4.14. The van der Waals surface area contributed by atoms with E-state index in [2.05, 4.69) is 6.58 Å². The van der Waals surface area contributed by atoms with Gasteiger partial charge in [-0.05, 0) is 6.92 Å². The van der Waals surface area contributed by atoms with E-state index in [1.807, 2.05) is 12.2 Å². The fourth-order valence-electron chi connectivity index (χ4n) is 1.62. The lowest BCUT2D eigenvalue weighted by Crippen LogP contribution is -2.55. The van der Waals surface area contributed by atoms with Gasteiger partial charge in [0.2, 0.25) is 0 Å². The van der Waals surface area contributed by atoms with E-state index in [9.17, 15) is 14.4 Å². The molecule has 0 aliphatic carbocycles. The quantitative estimate of drug-likeness (QED) is 0.214. The molecular formula is C11H20N4O7. The van der Waals surface area contributed by atoms with Crippen LogP contribution in [0.5, 0.6) is 0 Å². The summed E-state index contributed by atoms with van der Waals surface area (Å²) >= 11 is 0. The first-order valence-corrected chi connectivity index (χ1v) is 6.11. The summed E-state index contributed by atoms with van der Waals surface area (Å²) in [4.78, 5) is 36.4. The molecule has 5 N–H and O–H groups in total. The Morgan fingerprint density at radius 3 is 2.23 bits per heavy atom. The molecule has 5 amide bonds. The predicted molar refractivity (Wildman–Crippen MR) is 72.5 cm³/mol. The molecular weight excluding hydrogens is 300 g/mol. The number of rotatable bonds is 5. The molecule has 0 aromatic heterocycles. The van der Waals surface area contributed by atoms with E-state index < -0.39 is 51.1 Å². The maximum Gasteiger partial charge on any atom is 0.332 e. The van der Waals surface area contributed by atoms with Crippen molar-refractivity contribution in [3.63, 3.8) is 0 Å². The van der Waals surface area contributed by atoms with E-state index in [-0.39, 0.29) is 0 Å². The summed E-state index contributed by atoms with van der Waals surface area (Å²) in [6.45, 7) is 1.75. The molecule has 0 aromatic rings. The van der Waals surface area contributed by atoms with Crippen molar-refractivity contribution in [3.05, 3.63) is 12.7 Å². The Balaban J connectivity index is 0.00000135. The van der Waals surface area contributed by atoms with E-state index >= 15 is 0 Å². The molecule has 1 unspecified atom stereocenters. The Bertz CT molecular complexity index is 417. The topological polar surface area (TPSA) is 154 Å². The van der Waals surface area contributed by atoms with Crippen LogP contribution in [0.3, 0.4) is 0 Å². The highest BCUT2D eigenvalue weighted by Crippen LogP contribution is 2.19. The van der Waals surface area contributed by atoms with Crippen LogP contribution in [0.15, 0.2) is 12.7 Å². The number of hydrogen-bond donors (Lipinski definition) is 5. The highest BCUT2D eigenvalue weighted by atomic mass is 16.3. The number of nitrogens with zero attached hydrogens (tertiary/aromatic N) is 3. The first kappa shape index (κ1) is 19.8. The molecule has 0 saturated carbocycles. The predicted octanol–water partition coefficient (Wildman–Crippen LogP) is -2.42. The summed E-state index contributed by atoms with van der Waals surface area (Å²) in [5, 5.41) is 37.5. The van der Waals surface area contributed by atoms with Crippen molar-refractivity contribution >= 4 is 18.0 Å². The van der Waals surface area contributed by atoms with E-state index in [1.165, 1.54) is 0 Å². The zero-order chi connectivity index (χ0) is 17.3. The molecule has 1 aliphatic rings. The number of imide groups is 1. The van der Waals surface area contributed by atoms with E-state index in [0.29, 0.717) is 14.7 Å². The van der Waals surface area contributed by atoms with E-state index in [1.54, 1.807) is 6.08 Å². The molecule has 11 heteroatoms. The summed E-state index contributed by atoms with van der Waals surface area (Å²) in [5.41, 5.74) is 0. The molecule has 1 atom stereocenters. The summed E-state index contributed by atoms with van der Waals surface area (Å²) in [6.07, 6.45) is 0.154. The minimum atomic E-state index is -1.60. The number of carbonyl (C=O) groups is 3. The highest BCUT2D eigenvalue weighted by Gasteiger charge is 2.49. The second-order valence-corrected chi connectivity index (χ2v) is 3.83. The zero-order valence-corrected chi connectivity index (χ0v) is 12.0. The Labute approximate surface area is 126 Å². The van der Waals surface area contributed by atoms with Crippen molar-refractivity contribution in [3.8, 4) is 0 Å². The Hall–Kier alpha value is -2.21. The SMILES string of the molecule is C=CC.O=C1C(N(CO)C(=O)NCO)N(CO)C(=O)N1CO. The van der Waals surface area contributed by atoms with Crippen molar-refractivity contribution in [2.45, 2.75) is 13.1 Å². The summed E-state index contributed by atoms with van der Waals surface area (Å²) in [6, 6.07) is -2.02. The maximum atomic E-state index is 11.8. The van der Waals surface area contributed by atoms with Gasteiger partial charge in [-0.25, -0.2) is 14.5 Å². The van der Waals surface area contributed by atoms with Crippen molar-refractivity contribution < 1.29 is 34.8 Å². The Kier molecular flexibility index (Phi) is 8.70. The fraction of sp³-hybridized carbons (Fsp3) is 0.545. The highest BCUT2D eigenvalue weighted by molar-refractivity contribution is 6.05. The molecule has 0 spiro atoms. The van der Waals surface area contributed by atoms with Gasteiger partial charge in [0.05, 0.1) is 0 Å². The number of carbonyl (C=O) groups excluding carboxylic acids is 3. The first-order valence-electron chi connectivity index (χ1n) is 6.11. The normalized spacial score (nSPS) is 17.0. The second-order valence-electron chi connectivity index (χ2n) is 3.83. The van der Waals surface area contributed by atoms with Crippen molar-refractivity contribution in [1.82, 2.24) is 20.0 Å². The molecule has 126 valence electrons. The Morgan fingerprint density at radius 2 is 1.86 bits per heavy atom. The fourth-order valence-corrected chi connectivity index (χ4v) is 1.62. The van der Waals surface area contributed by atoms with Crippen LogP contribution in [-0.2, 0) is 4.79 Å². The maximum absolute atomic E-state index is 11.8. The molecule has 11 nitrogen and oxygen atoms in total. The number of amides is 5. The number of nitrogens with one attached hydrogen (secondary N) is 1. The monoisotopic (exact) mass is 320 g/mol. The number of aliphatic hydroxyl groups is 4. The average Bonchev–Trinajstić information content (AvgIpc) is 2.71. The summed E-state index contributed by atoms with van der Waals surface area (Å²) in [5.74, 6) is -0.983. The molecule has 1 saturated heterocycles. The zero-order valence-electron chi connectivity index (χ0n) is 12.0. The van der Waals surface area contributed by atoms with Crippen LogP contribution in [0.2, 0.25) is 0 Å². The summed E-state index contributed by atoms with van der Waals surface area (Å²) in [7, 11) is 0. The van der Waals surface area contributed by atoms with Gasteiger partial charge in [0, 0.05) is 0 Å². The van der Waals surface area contributed by atoms with Gasteiger partial charge in [-0.3, -0.25) is 14.6 Å². The molecule has 0 aromatic carbocycles. The van der Waals surface area contributed by atoms with Crippen molar-refractivity contribution in [2.24, 2.45) is 0 Å². The lowest BCUT2D eigenvalue weighted by Gasteiger charge is -2.29. The summed E-state index contributed by atoms with van der Waals surface area (Å²) < 4.78 is 0. The van der Waals surface area contributed by atoms with Crippen molar-refractivity contribution in [2.75, 3.05) is 26.9 Å². The molecule has 1 heterocycles. The van der Waals surface area contributed by atoms with Crippen molar-refractivity contribution in [1.29, 1.82) is 0 Å². The van der Waals surface area contributed by atoms with Gasteiger partial charge >= 0.3 is 12.1 Å². The largest absolute Gasteiger partial charge is 0.376 e. The van der Waals surface area contributed by atoms with E-state index in [0.717, 1.165) is 0 Å². The van der Waals surface area contributed by atoms with E-state index in [4.69, 9.17) is 20.4 Å². The van der Waals surface area contributed by atoms with Gasteiger partial charge in [-0.1, -0.05) is 6.08 Å². The minimum absolute atomic E-state index is 0.399. The lowest BCUT2D eigenvalue weighted by molar-refractivity contribution is -0.136.